The number of hydrogen-bond donors (Lipinski definition) is 2. The van der Waals surface area contributed by atoms with Crippen molar-refractivity contribution in [2.45, 2.75) is 13.8 Å². The maximum absolute atomic E-state index is 7.26. The number of amidine groups is 1. The molecule has 0 amide bonds. The Morgan fingerprint density at radius 1 is 1.60 bits per heavy atom. The molecule has 0 fully saturated rings. The van der Waals surface area contributed by atoms with E-state index in [0.717, 1.165) is 0 Å². The van der Waals surface area contributed by atoms with Gasteiger partial charge in [-0.2, -0.15) is 0 Å². The molecule has 0 radical (unpaired) electrons. The molecule has 0 spiro atoms. The monoisotopic (exact) mass is 227 g/mol. The minimum Gasteiger partial charge on any atom is -0.477 e. The minimum absolute atomic E-state index is 0.157. The number of nitrogens with zero attached hydrogens (tertiary/aromatic N) is 1. The predicted octanol–water partition coefficient (Wildman–Crippen LogP) is 2.05. The van der Waals surface area contributed by atoms with Gasteiger partial charge in [0.05, 0.1) is 11.6 Å². The number of aromatic nitrogens is 1. The van der Waals surface area contributed by atoms with E-state index >= 15 is 0 Å². The smallest absolute Gasteiger partial charge is 0.213 e. The molecule has 0 unspecified atom stereocenters. The molecule has 1 aromatic rings. The fraction of sp³-hybridized carbons (Fsp3) is 0.400. The van der Waals surface area contributed by atoms with Gasteiger partial charge in [-0.1, -0.05) is 25.4 Å². The molecule has 5 heteroatoms. The van der Waals surface area contributed by atoms with Gasteiger partial charge in [-0.3, -0.25) is 5.41 Å². The molecule has 0 aromatic carbocycles. The molecule has 0 saturated heterocycles. The van der Waals surface area contributed by atoms with Gasteiger partial charge in [-0.25, -0.2) is 4.98 Å². The van der Waals surface area contributed by atoms with Crippen molar-refractivity contribution in [3.63, 3.8) is 0 Å². The van der Waals surface area contributed by atoms with Crippen LogP contribution in [0.15, 0.2) is 12.1 Å². The van der Waals surface area contributed by atoms with E-state index in [1.54, 1.807) is 12.1 Å². The van der Waals surface area contributed by atoms with Crippen LogP contribution in [0.4, 0.5) is 0 Å². The van der Waals surface area contributed by atoms with Crippen LogP contribution >= 0.6 is 11.6 Å². The lowest BCUT2D eigenvalue weighted by molar-refractivity contribution is 0.261. The third-order valence-corrected chi connectivity index (χ3v) is 1.95. The lowest BCUT2D eigenvalue weighted by Crippen LogP contribution is -2.15. The van der Waals surface area contributed by atoms with Gasteiger partial charge in [0, 0.05) is 6.07 Å². The van der Waals surface area contributed by atoms with E-state index in [1.807, 2.05) is 13.8 Å². The highest BCUT2D eigenvalue weighted by Gasteiger charge is 2.07. The summed E-state index contributed by atoms with van der Waals surface area (Å²) in [5.41, 5.74) is 5.58. The zero-order valence-electron chi connectivity index (χ0n) is 8.75. The summed E-state index contributed by atoms with van der Waals surface area (Å²) in [7, 11) is 0. The second-order valence-corrected chi connectivity index (χ2v) is 4.01. The van der Waals surface area contributed by atoms with Gasteiger partial charge >= 0.3 is 0 Å². The van der Waals surface area contributed by atoms with Crippen molar-refractivity contribution in [3.05, 3.63) is 22.8 Å². The molecule has 0 bridgehead atoms. The van der Waals surface area contributed by atoms with Gasteiger partial charge in [0.25, 0.3) is 0 Å². The number of pyridine rings is 1. The quantitative estimate of drug-likeness (QED) is 0.611. The van der Waals surface area contributed by atoms with E-state index in [2.05, 4.69) is 4.98 Å². The van der Waals surface area contributed by atoms with Gasteiger partial charge < -0.3 is 10.5 Å². The molecule has 0 aliphatic rings. The van der Waals surface area contributed by atoms with Crippen LogP contribution in [0.3, 0.4) is 0 Å². The number of nitrogen functional groups attached to an aromatic ring is 1. The van der Waals surface area contributed by atoms with Crippen molar-refractivity contribution in [1.82, 2.24) is 4.98 Å². The van der Waals surface area contributed by atoms with E-state index in [0.29, 0.717) is 23.4 Å². The molecule has 15 heavy (non-hydrogen) atoms. The maximum Gasteiger partial charge on any atom is 0.213 e. The molecule has 4 nitrogen and oxygen atoms in total. The van der Waals surface area contributed by atoms with Crippen molar-refractivity contribution >= 4 is 17.4 Å². The maximum atomic E-state index is 7.26. The number of ether oxygens (including phenoxy) is 1. The van der Waals surface area contributed by atoms with Gasteiger partial charge in [-0.05, 0) is 12.0 Å². The first-order chi connectivity index (χ1) is 7.00. The first kappa shape index (κ1) is 11.8. The average molecular weight is 228 g/mol. The summed E-state index contributed by atoms with van der Waals surface area (Å²) in [5.74, 6) is 0.705. The molecule has 0 atom stereocenters. The van der Waals surface area contributed by atoms with E-state index in [9.17, 15) is 0 Å². The fourth-order valence-electron chi connectivity index (χ4n) is 0.946. The van der Waals surface area contributed by atoms with Crippen LogP contribution in [0, 0.1) is 11.3 Å². The topological polar surface area (TPSA) is 72.0 Å². The largest absolute Gasteiger partial charge is 0.477 e. The molecule has 0 aliphatic heterocycles. The number of rotatable bonds is 4. The van der Waals surface area contributed by atoms with Crippen LogP contribution in [0.25, 0.3) is 0 Å². The molecule has 0 aliphatic carbocycles. The van der Waals surface area contributed by atoms with Crippen LogP contribution < -0.4 is 10.5 Å². The van der Waals surface area contributed by atoms with Crippen LogP contribution in [0.2, 0.25) is 5.02 Å². The highest BCUT2D eigenvalue weighted by atomic mass is 35.5. The summed E-state index contributed by atoms with van der Waals surface area (Å²) >= 11 is 5.82. The van der Waals surface area contributed by atoms with Crippen molar-refractivity contribution < 1.29 is 4.74 Å². The lowest BCUT2D eigenvalue weighted by atomic mass is 10.2. The van der Waals surface area contributed by atoms with Gasteiger partial charge in [0.15, 0.2) is 0 Å². The average Bonchev–Trinajstić information content (AvgIpc) is 2.16. The summed E-state index contributed by atoms with van der Waals surface area (Å²) < 4.78 is 5.39. The summed E-state index contributed by atoms with van der Waals surface area (Å²) in [6.07, 6.45) is 0. The van der Waals surface area contributed by atoms with E-state index < -0.39 is 0 Å². The van der Waals surface area contributed by atoms with E-state index in [4.69, 9.17) is 27.5 Å². The molecule has 1 aromatic heterocycles. The Hall–Kier alpha value is -1.29. The molecule has 82 valence electrons. The number of halogens is 1. The lowest BCUT2D eigenvalue weighted by Gasteiger charge is -2.09. The number of nitrogens with two attached hydrogens (primary N) is 1. The van der Waals surface area contributed by atoms with Crippen LogP contribution in [-0.2, 0) is 0 Å². The second kappa shape index (κ2) is 4.98. The van der Waals surface area contributed by atoms with Crippen molar-refractivity contribution in [2.75, 3.05) is 6.61 Å². The van der Waals surface area contributed by atoms with E-state index in [1.165, 1.54) is 0 Å². The SMILES string of the molecule is CC(C)COc1ccc(Cl)c(C(=N)N)n1. The molecule has 3 N–H and O–H groups in total. The third-order valence-electron chi connectivity index (χ3n) is 1.64. The summed E-state index contributed by atoms with van der Waals surface area (Å²) in [5, 5.41) is 7.63. The Kier molecular flexibility index (Phi) is 3.91. The third kappa shape index (κ3) is 3.40. The Morgan fingerprint density at radius 2 is 2.27 bits per heavy atom. The minimum atomic E-state index is -0.157. The summed E-state index contributed by atoms with van der Waals surface area (Å²) in [6, 6.07) is 3.29. The first-order valence-corrected chi connectivity index (χ1v) is 5.02. The molecule has 0 saturated carbocycles. The highest BCUT2D eigenvalue weighted by Crippen LogP contribution is 2.17. The highest BCUT2D eigenvalue weighted by molar-refractivity contribution is 6.33. The first-order valence-electron chi connectivity index (χ1n) is 4.64. The Morgan fingerprint density at radius 3 is 2.80 bits per heavy atom. The normalized spacial score (nSPS) is 10.4. The Bertz CT molecular complexity index is 366. The van der Waals surface area contributed by atoms with Gasteiger partial charge in [0.1, 0.15) is 11.5 Å². The molecule has 1 heterocycles. The van der Waals surface area contributed by atoms with Crippen molar-refractivity contribution in [1.29, 1.82) is 5.41 Å². The van der Waals surface area contributed by atoms with Crippen molar-refractivity contribution in [3.8, 4) is 5.88 Å². The van der Waals surface area contributed by atoms with E-state index in [-0.39, 0.29) is 11.5 Å². The second-order valence-electron chi connectivity index (χ2n) is 3.60. The Balaban J connectivity index is 2.83. The zero-order valence-corrected chi connectivity index (χ0v) is 9.51. The number of hydrogen-bond acceptors (Lipinski definition) is 3. The zero-order chi connectivity index (χ0) is 11.4. The van der Waals surface area contributed by atoms with Crippen LogP contribution in [0.1, 0.15) is 19.5 Å². The summed E-state index contributed by atoms with van der Waals surface area (Å²) in [6.45, 7) is 4.66. The Labute approximate surface area is 93.9 Å². The summed E-state index contributed by atoms with van der Waals surface area (Å²) in [4.78, 5) is 4.04. The number of nitrogens with one attached hydrogen (secondary N) is 1. The predicted molar refractivity (Wildman–Crippen MR) is 60.6 cm³/mol. The van der Waals surface area contributed by atoms with Crippen molar-refractivity contribution in [2.24, 2.45) is 11.7 Å². The van der Waals surface area contributed by atoms with Crippen LogP contribution in [-0.4, -0.2) is 17.4 Å². The van der Waals surface area contributed by atoms with Crippen LogP contribution in [0.5, 0.6) is 5.88 Å². The molecular formula is C10H14ClN3O. The molecule has 1 rings (SSSR count). The standard InChI is InChI=1S/C10H14ClN3O/c1-6(2)5-15-8-4-3-7(11)9(14-8)10(12)13/h3-4,6H,5H2,1-2H3,(H3,12,13). The fourth-order valence-corrected chi connectivity index (χ4v) is 1.15. The van der Waals surface area contributed by atoms with Gasteiger partial charge in [0.2, 0.25) is 5.88 Å². The van der Waals surface area contributed by atoms with Gasteiger partial charge in [-0.15, -0.1) is 0 Å². The molecular weight excluding hydrogens is 214 g/mol.